The summed E-state index contributed by atoms with van der Waals surface area (Å²) < 4.78 is 11.6. The van der Waals surface area contributed by atoms with Crippen LogP contribution in [0.1, 0.15) is 11.1 Å². The van der Waals surface area contributed by atoms with Crippen LogP contribution in [0.2, 0.25) is 5.02 Å². The zero-order chi connectivity index (χ0) is 18.5. The number of hydrogen-bond acceptors (Lipinski definition) is 5. The second-order valence-electron chi connectivity index (χ2n) is 5.33. The van der Waals surface area contributed by atoms with E-state index in [9.17, 15) is 4.79 Å². The van der Waals surface area contributed by atoms with Crippen molar-refractivity contribution in [2.75, 3.05) is 6.61 Å². The first-order chi connectivity index (χ1) is 12.6. The highest BCUT2D eigenvalue weighted by atomic mass is 127. The van der Waals surface area contributed by atoms with Gasteiger partial charge in [0.25, 0.3) is 0 Å². The molecule has 1 aromatic heterocycles. The van der Waals surface area contributed by atoms with Crippen molar-refractivity contribution >= 4 is 51.1 Å². The van der Waals surface area contributed by atoms with Crippen LogP contribution in [0.3, 0.4) is 0 Å². The molecule has 0 saturated heterocycles. The van der Waals surface area contributed by atoms with Crippen molar-refractivity contribution in [1.29, 1.82) is 5.26 Å². The van der Waals surface area contributed by atoms with E-state index < -0.39 is 5.97 Å². The number of nitrogens with zero attached hydrogens (tertiary/aromatic N) is 2. The molecule has 0 saturated carbocycles. The minimum atomic E-state index is -0.512. The summed E-state index contributed by atoms with van der Waals surface area (Å²) in [6.45, 7) is -0.171. The lowest BCUT2D eigenvalue weighted by Gasteiger charge is -2.12. The Bertz CT molecular complexity index is 1020. The van der Waals surface area contributed by atoms with Gasteiger partial charge in [-0.1, -0.05) is 23.7 Å². The molecule has 0 unspecified atom stereocenters. The summed E-state index contributed by atoms with van der Waals surface area (Å²) in [6, 6.07) is 14.3. The van der Waals surface area contributed by atoms with Crippen molar-refractivity contribution in [1.82, 2.24) is 4.98 Å². The van der Waals surface area contributed by atoms with Crippen LogP contribution in [0.15, 0.2) is 48.7 Å². The molecule has 0 aliphatic rings. The lowest BCUT2D eigenvalue weighted by Crippen LogP contribution is -2.15. The van der Waals surface area contributed by atoms with Crippen molar-refractivity contribution in [3.63, 3.8) is 0 Å². The maximum atomic E-state index is 12.0. The number of halogens is 2. The molecule has 130 valence electrons. The van der Waals surface area contributed by atoms with Crippen LogP contribution in [-0.2, 0) is 16.1 Å². The van der Waals surface area contributed by atoms with Gasteiger partial charge in [0.1, 0.15) is 12.1 Å². The standard InChI is InChI=1S/C19H12ClIN2O3/c20-15-8-16(21)19(18-14(15)5-2-6-23-18)26-11-17(24)25-10-13-4-1-3-12(7-13)9-22/h1-8H,10-11H2. The highest BCUT2D eigenvalue weighted by molar-refractivity contribution is 14.1. The van der Waals surface area contributed by atoms with Crippen molar-refractivity contribution in [3.05, 3.63) is 68.4 Å². The highest BCUT2D eigenvalue weighted by Gasteiger charge is 2.14. The van der Waals surface area contributed by atoms with E-state index in [1.54, 1.807) is 42.6 Å². The fraction of sp³-hybridized carbons (Fsp3) is 0.105. The molecule has 0 bridgehead atoms. The molecule has 0 radical (unpaired) electrons. The lowest BCUT2D eigenvalue weighted by molar-refractivity contribution is -0.147. The molecule has 2 aromatic carbocycles. The normalized spacial score (nSPS) is 10.3. The van der Waals surface area contributed by atoms with E-state index in [2.05, 4.69) is 27.6 Å². The van der Waals surface area contributed by atoms with E-state index in [1.807, 2.05) is 12.1 Å². The molecule has 0 atom stereocenters. The topological polar surface area (TPSA) is 72.2 Å². The maximum absolute atomic E-state index is 12.0. The average Bonchev–Trinajstić information content (AvgIpc) is 2.66. The van der Waals surface area contributed by atoms with Gasteiger partial charge in [0.15, 0.2) is 12.4 Å². The first-order valence-electron chi connectivity index (χ1n) is 7.58. The summed E-state index contributed by atoms with van der Waals surface area (Å²) in [4.78, 5) is 16.3. The summed E-state index contributed by atoms with van der Waals surface area (Å²) in [6.07, 6.45) is 1.64. The van der Waals surface area contributed by atoms with Crippen LogP contribution < -0.4 is 4.74 Å². The van der Waals surface area contributed by atoms with E-state index in [0.29, 0.717) is 21.9 Å². The number of rotatable bonds is 5. The van der Waals surface area contributed by atoms with Crippen molar-refractivity contribution in [2.45, 2.75) is 6.61 Å². The number of benzene rings is 2. The molecule has 3 rings (SSSR count). The predicted molar refractivity (Wildman–Crippen MR) is 106 cm³/mol. The Morgan fingerprint density at radius 3 is 2.92 bits per heavy atom. The summed E-state index contributed by atoms with van der Waals surface area (Å²) >= 11 is 8.31. The highest BCUT2D eigenvalue weighted by Crippen LogP contribution is 2.34. The SMILES string of the molecule is N#Cc1cccc(COC(=O)COc2c(I)cc(Cl)c3cccnc23)c1. The zero-order valence-corrected chi connectivity index (χ0v) is 16.3. The van der Waals surface area contributed by atoms with Crippen molar-refractivity contribution in [3.8, 4) is 11.8 Å². The Morgan fingerprint density at radius 1 is 1.27 bits per heavy atom. The second kappa shape index (κ2) is 8.34. The first kappa shape index (κ1) is 18.4. The van der Waals surface area contributed by atoms with E-state index >= 15 is 0 Å². The van der Waals surface area contributed by atoms with Gasteiger partial charge in [-0.25, -0.2) is 4.79 Å². The minimum absolute atomic E-state index is 0.0778. The number of carbonyl (C=O) groups is 1. The first-order valence-corrected chi connectivity index (χ1v) is 9.04. The van der Waals surface area contributed by atoms with Crippen LogP contribution in [0.5, 0.6) is 5.75 Å². The number of esters is 1. The average molecular weight is 479 g/mol. The number of hydrogen-bond donors (Lipinski definition) is 0. The summed E-state index contributed by atoms with van der Waals surface area (Å²) in [5, 5.41) is 10.2. The largest absolute Gasteiger partial charge is 0.478 e. The predicted octanol–water partition coefficient (Wildman–Crippen LogP) is 4.49. The summed E-state index contributed by atoms with van der Waals surface area (Å²) in [7, 11) is 0. The minimum Gasteiger partial charge on any atom is -0.478 e. The number of nitriles is 1. The van der Waals surface area contributed by atoms with Crippen LogP contribution in [0.4, 0.5) is 0 Å². The molecule has 3 aromatic rings. The summed E-state index contributed by atoms with van der Waals surface area (Å²) in [5.74, 6) is -0.0174. The molecule has 7 heteroatoms. The van der Waals surface area contributed by atoms with Gasteiger partial charge in [0, 0.05) is 11.6 Å². The third-order valence-electron chi connectivity index (χ3n) is 3.54. The fourth-order valence-electron chi connectivity index (χ4n) is 2.35. The Morgan fingerprint density at radius 2 is 2.12 bits per heavy atom. The molecular formula is C19H12ClIN2O3. The van der Waals surface area contributed by atoms with Gasteiger partial charge in [0.05, 0.1) is 20.2 Å². The number of aromatic nitrogens is 1. The van der Waals surface area contributed by atoms with Gasteiger partial charge in [0.2, 0.25) is 0 Å². The van der Waals surface area contributed by atoms with Crippen LogP contribution >= 0.6 is 34.2 Å². The lowest BCUT2D eigenvalue weighted by atomic mass is 10.1. The van der Waals surface area contributed by atoms with E-state index in [-0.39, 0.29) is 13.2 Å². The molecule has 0 aliphatic heterocycles. The second-order valence-corrected chi connectivity index (χ2v) is 6.90. The van der Waals surface area contributed by atoms with Crippen LogP contribution in [-0.4, -0.2) is 17.6 Å². The van der Waals surface area contributed by atoms with Gasteiger partial charge >= 0.3 is 5.97 Å². The maximum Gasteiger partial charge on any atom is 0.344 e. The molecule has 0 fully saturated rings. The molecule has 1 heterocycles. The molecule has 26 heavy (non-hydrogen) atoms. The van der Waals surface area contributed by atoms with Gasteiger partial charge in [-0.15, -0.1) is 0 Å². The Kier molecular flexibility index (Phi) is 5.91. The van der Waals surface area contributed by atoms with Crippen molar-refractivity contribution in [2.24, 2.45) is 0 Å². The van der Waals surface area contributed by atoms with E-state index in [1.165, 1.54) is 0 Å². The van der Waals surface area contributed by atoms with Crippen LogP contribution in [0, 0.1) is 14.9 Å². The van der Waals surface area contributed by atoms with Gasteiger partial charge < -0.3 is 9.47 Å². The Balaban J connectivity index is 1.66. The quantitative estimate of drug-likeness (QED) is 0.399. The third kappa shape index (κ3) is 4.23. The molecule has 0 N–H and O–H groups in total. The monoisotopic (exact) mass is 478 g/mol. The number of carbonyl (C=O) groups excluding carboxylic acids is 1. The third-order valence-corrected chi connectivity index (χ3v) is 4.65. The number of fused-ring (bicyclic) bond motifs is 1. The number of ether oxygens (including phenoxy) is 2. The van der Waals surface area contributed by atoms with E-state index in [0.717, 1.165) is 14.5 Å². The van der Waals surface area contributed by atoms with Gasteiger partial charge in [-0.3, -0.25) is 4.98 Å². The fourth-order valence-corrected chi connectivity index (χ4v) is 3.52. The zero-order valence-electron chi connectivity index (χ0n) is 13.4. The molecule has 5 nitrogen and oxygen atoms in total. The van der Waals surface area contributed by atoms with Crippen LogP contribution in [0.25, 0.3) is 10.9 Å². The van der Waals surface area contributed by atoms with Crippen molar-refractivity contribution < 1.29 is 14.3 Å². The molecule has 0 spiro atoms. The Hall–Kier alpha value is -2.37. The van der Waals surface area contributed by atoms with E-state index in [4.69, 9.17) is 26.3 Å². The Labute approximate surface area is 168 Å². The molecule has 0 aliphatic carbocycles. The number of pyridine rings is 1. The van der Waals surface area contributed by atoms with Gasteiger partial charge in [-0.2, -0.15) is 5.26 Å². The van der Waals surface area contributed by atoms with Gasteiger partial charge in [-0.05, 0) is 58.5 Å². The smallest absolute Gasteiger partial charge is 0.344 e. The molecular weight excluding hydrogens is 467 g/mol. The molecule has 0 amide bonds. The summed E-state index contributed by atoms with van der Waals surface area (Å²) in [5.41, 5.74) is 1.85.